The second kappa shape index (κ2) is 7.25. The van der Waals surface area contributed by atoms with Crippen LogP contribution in [0.2, 0.25) is 0 Å². The minimum Gasteiger partial charge on any atom is -0.393 e. The number of carbonyl (C=O) groups excluding carboxylic acids is 1. The second-order valence-electron chi connectivity index (χ2n) is 6.06. The van der Waals surface area contributed by atoms with Crippen molar-refractivity contribution in [2.24, 2.45) is 5.92 Å². The number of hydrogen-bond acceptors (Lipinski definition) is 3. The normalized spacial score (nSPS) is 29.2. The Labute approximate surface area is 116 Å². The first-order valence-corrected chi connectivity index (χ1v) is 7.68. The first-order chi connectivity index (χ1) is 9.16. The van der Waals surface area contributed by atoms with Crippen LogP contribution in [0.5, 0.6) is 0 Å². The highest BCUT2D eigenvalue weighted by Crippen LogP contribution is 2.24. The third-order valence-electron chi connectivity index (χ3n) is 4.71. The summed E-state index contributed by atoms with van der Waals surface area (Å²) in [6.45, 7) is 1.71. The topological polar surface area (TPSA) is 49.8 Å². The van der Waals surface area contributed by atoms with E-state index in [-0.39, 0.29) is 12.0 Å². The molecule has 1 saturated carbocycles. The van der Waals surface area contributed by atoms with Crippen molar-refractivity contribution in [3.63, 3.8) is 0 Å². The lowest BCUT2D eigenvalue weighted by atomic mass is 9.91. The predicted molar refractivity (Wildman–Crippen MR) is 73.8 cm³/mol. The molecular weight excluding hydrogens is 242 g/mol. The lowest BCUT2D eigenvalue weighted by molar-refractivity contribution is -0.133. The molecule has 110 valence electrons. The molecular formula is C15H27NO3. The standard InChI is InChI=1S/C15H27NO3/c1-16(13-3-5-14(17)6-4-13)15(18)7-2-12-8-10-19-11-9-12/h12-14,17H,2-11H2,1H3. The summed E-state index contributed by atoms with van der Waals surface area (Å²) < 4.78 is 5.34. The predicted octanol–water partition coefficient (Wildman–Crippen LogP) is 1.96. The summed E-state index contributed by atoms with van der Waals surface area (Å²) in [5.74, 6) is 0.937. The molecule has 0 aromatic carbocycles. The van der Waals surface area contributed by atoms with Gasteiger partial charge in [0.05, 0.1) is 6.10 Å². The van der Waals surface area contributed by atoms with E-state index in [1.54, 1.807) is 0 Å². The van der Waals surface area contributed by atoms with Crippen molar-refractivity contribution in [2.45, 2.75) is 63.5 Å². The minimum atomic E-state index is -0.151. The number of hydrogen-bond donors (Lipinski definition) is 1. The van der Waals surface area contributed by atoms with E-state index < -0.39 is 0 Å². The Morgan fingerprint density at radius 2 is 1.79 bits per heavy atom. The smallest absolute Gasteiger partial charge is 0.222 e. The van der Waals surface area contributed by atoms with E-state index in [0.29, 0.717) is 18.4 Å². The number of nitrogens with zero attached hydrogens (tertiary/aromatic N) is 1. The molecule has 0 bridgehead atoms. The summed E-state index contributed by atoms with van der Waals surface area (Å²) in [6, 6.07) is 0.339. The van der Waals surface area contributed by atoms with E-state index in [9.17, 15) is 9.90 Å². The van der Waals surface area contributed by atoms with Crippen LogP contribution in [0.4, 0.5) is 0 Å². The molecule has 19 heavy (non-hydrogen) atoms. The number of amides is 1. The van der Waals surface area contributed by atoms with Gasteiger partial charge in [0.15, 0.2) is 0 Å². The first-order valence-electron chi connectivity index (χ1n) is 7.68. The van der Waals surface area contributed by atoms with Crippen LogP contribution >= 0.6 is 0 Å². The lowest BCUT2D eigenvalue weighted by Gasteiger charge is -2.33. The van der Waals surface area contributed by atoms with E-state index in [1.165, 1.54) is 0 Å². The number of rotatable bonds is 4. The van der Waals surface area contributed by atoms with Gasteiger partial charge in [-0.05, 0) is 50.9 Å². The van der Waals surface area contributed by atoms with Crippen LogP contribution in [-0.2, 0) is 9.53 Å². The molecule has 4 heteroatoms. The SMILES string of the molecule is CN(C(=O)CCC1CCOCC1)C1CCC(O)CC1. The van der Waals surface area contributed by atoms with Crippen molar-refractivity contribution in [3.05, 3.63) is 0 Å². The Hall–Kier alpha value is -0.610. The molecule has 4 nitrogen and oxygen atoms in total. The minimum absolute atomic E-state index is 0.151. The quantitative estimate of drug-likeness (QED) is 0.848. The van der Waals surface area contributed by atoms with Crippen molar-refractivity contribution in [1.29, 1.82) is 0 Å². The van der Waals surface area contributed by atoms with E-state index in [1.807, 2.05) is 11.9 Å². The van der Waals surface area contributed by atoms with Crippen molar-refractivity contribution in [2.75, 3.05) is 20.3 Å². The highest BCUT2D eigenvalue weighted by atomic mass is 16.5. The van der Waals surface area contributed by atoms with E-state index in [2.05, 4.69) is 0 Å². The van der Waals surface area contributed by atoms with Crippen LogP contribution in [0.25, 0.3) is 0 Å². The van der Waals surface area contributed by atoms with E-state index >= 15 is 0 Å². The van der Waals surface area contributed by atoms with Crippen LogP contribution in [0, 0.1) is 5.92 Å². The molecule has 0 unspecified atom stereocenters. The fraction of sp³-hybridized carbons (Fsp3) is 0.933. The molecule has 1 aliphatic heterocycles. The van der Waals surface area contributed by atoms with Crippen LogP contribution in [-0.4, -0.2) is 48.3 Å². The molecule has 2 aliphatic rings. The average molecular weight is 269 g/mol. The lowest BCUT2D eigenvalue weighted by Crippen LogP contribution is -2.40. The summed E-state index contributed by atoms with van der Waals surface area (Å²) in [5.41, 5.74) is 0. The summed E-state index contributed by atoms with van der Waals surface area (Å²) in [7, 11) is 1.93. The maximum Gasteiger partial charge on any atom is 0.222 e. The molecule has 2 rings (SSSR count). The van der Waals surface area contributed by atoms with Crippen LogP contribution in [0.3, 0.4) is 0 Å². The van der Waals surface area contributed by atoms with Gasteiger partial charge >= 0.3 is 0 Å². The molecule has 0 spiro atoms. The Balaban J connectivity index is 1.69. The Morgan fingerprint density at radius 1 is 1.16 bits per heavy atom. The van der Waals surface area contributed by atoms with Gasteiger partial charge in [-0.15, -0.1) is 0 Å². The molecule has 0 radical (unpaired) electrons. The van der Waals surface area contributed by atoms with Crippen molar-refractivity contribution < 1.29 is 14.6 Å². The van der Waals surface area contributed by atoms with Crippen molar-refractivity contribution in [3.8, 4) is 0 Å². The maximum atomic E-state index is 12.2. The van der Waals surface area contributed by atoms with Gasteiger partial charge in [-0.25, -0.2) is 0 Å². The maximum absolute atomic E-state index is 12.2. The number of carbonyl (C=O) groups is 1. The molecule has 1 aliphatic carbocycles. The number of aliphatic hydroxyl groups excluding tert-OH is 1. The number of ether oxygens (including phenoxy) is 1. The molecule has 1 saturated heterocycles. The molecule has 0 atom stereocenters. The van der Waals surface area contributed by atoms with Crippen LogP contribution in [0.15, 0.2) is 0 Å². The Bertz CT molecular complexity index is 281. The third-order valence-corrected chi connectivity index (χ3v) is 4.71. The van der Waals surface area contributed by atoms with E-state index in [0.717, 1.165) is 58.2 Å². The van der Waals surface area contributed by atoms with Gasteiger partial charge in [0.2, 0.25) is 5.91 Å². The van der Waals surface area contributed by atoms with Crippen LogP contribution in [0.1, 0.15) is 51.4 Å². The van der Waals surface area contributed by atoms with Gasteiger partial charge in [-0.1, -0.05) is 0 Å². The van der Waals surface area contributed by atoms with Gasteiger partial charge in [-0.2, -0.15) is 0 Å². The second-order valence-corrected chi connectivity index (χ2v) is 6.06. The summed E-state index contributed by atoms with van der Waals surface area (Å²) in [6.07, 6.45) is 7.29. The monoisotopic (exact) mass is 269 g/mol. The summed E-state index contributed by atoms with van der Waals surface area (Å²) >= 11 is 0. The highest BCUT2D eigenvalue weighted by Gasteiger charge is 2.26. The number of aliphatic hydroxyl groups is 1. The summed E-state index contributed by atoms with van der Waals surface area (Å²) in [4.78, 5) is 14.1. The first kappa shape index (κ1) is 14.8. The summed E-state index contributed by atoms with van der Waals surface area (Å²) in [5, 5.41) is 9.51. The zero-order valence-electron chi connectivity index (χ0n) is 12.0. The molecule has 0 aromatic heterocycles. The van der Waals surface area contributed by atoms with E-state index in [4.69, 9.17) is 4.74 Å². The van der Waals surface area contributed by atoms with Gasteiger partial charge in [0, 0.05) is 32.7 Å². The molecule has 1 amide bonds. The largest absolute Gasteiger partial charge is 0.393 e. The van der Waals surface area contributed by atoms with Gasteiger partial charge in [0.25, 0.3) is 0 Å². The highest BCUT2D eigenvalue weighted by molar-refractivity contribution is 5.76. The van der Waals surface area contributed by atoms with Gasteiger partial charge in [0.1, 0.15) is 0 Å². The average Bonchev–Trinajstić information content (AvgIpc) is 2.46. The van der Waals surface area contributed by atoms with Gasteiger partial charge in [-0.3, -0.25) is 4.79 Å². The Morgan fingerprint density at radius 3 is 2.42 bits per heavy atom. The molecule has 0 aromatic rings. The molecule has 1 heterocycles. The zero-order valence-corrected chi connectivity index (χ0v) is 12.0. The molecule has 2 fully saturated rings. The fourth-order valence-electron chi connectivity index (χ4n) is 3.19. The third kappa shape index (κ3) is 4.46. The van der Waals surface area contributed by atoms with Crippen molar-refractivity contribution in [1.82, 2.24) is 4.90 Å². The van der Waals surface area contributed by atoms with Crippen LogP contribution < -0.4 is 0 Å². The fourth-order valence-corrected chi connectivity index (χ4v) is 3.19. The zero-order chi connectivity index (χ0) is 13.7. The molecule has 1 N–H and O–H groups in total. The van der Waals surface area contributed by atoms with Gasteiger partial charge < -0.3 is 14.7 Å². The van der Waals surface area contributed by atoms with Crippen molar-refractivity contribution >= 4 is 5.91 Å². The Kier molecular flexibility index (Phi) is 5.64.